The van der Waals surface area contributed by atoms with Crippen molar-refractivity contribution in [3.8, 4) is 0 Å². The maximum absolute atomic E-state index is 10.5. The zero-order valence-electron chi connectivity index (χ0n) is 9.75. The number of aromatic nitrogens is 3. The lowest BCUT2D eigenvalue weighted by Crippen LogP contribution is -2.13. The van der Waals surface area contributed by atoms with E-state index in [0.29, 0.717) is 17.0 Å². The fourth-order valence-corrected chi connectivity index (χ4v) is 1.77. The summed E-state index contributed by atoms with van der Waals surface area (Å²) in [7, 11) is 0. The minimum atomic E-state index is -0.837. The smallest absolute Gasteiger partial charge is 0.313 e. The van der Waals surface area contributed by atoms with Crippen LogP contribution in [0, 0.1) is 11.8 Å². The first-order valence-electron chi connectivity index (χ1n) is 5.23. The minimum absolute atomic E-state index is 0.0226. The molecule has 1 aromatic heterocycles. The highest BCUT2D eigenvalue weighted by molar-refractivity contribution is 7.99. The van der Waals surface area contributed by atoms with Crippen LogP contribution in [0.1, 0.15) is 20.8 Å². The van der Waals surface area contributed by atoms with Crippen molar-refractivity contribution in [3.63, 3.8) is 0 Å². The summed E-state index contributed by atoms with van der Waals surface area (Å²) in [4.78, 5) is 10.5. The van der Waals surface area contributed by atoms with Gasteiger partial charge in [-0.2, -0.15) is 0 Å². The third-order valence-electron chi connectivity index (χ3n) is 2.53. The lowest BCUT2D eigenvalue weighted by Gasteiger charge is -2.16. The van der Waals surface area contributed by atoms with Gasteiger partial charge < -0.3 is 9.67 Å². The predicted molar refractivity (Wildman–Crippen MR) is 62.4 cm³/mol. The Morgan fingerprint density at radius 1 is 1.56 bits per heavy atom. The van der Waals surface area contributed by atoms with E-state index < -0.39 is 5.97 Å². The summed E-state index contributed by atoms with van der Waals surface area (Å²) in [6.07, 6.45) is 1.66. The van der Waals surface area contributed by atoms with Gasteiger partial charge in [0.25, 0.3) is 0 Å². The summed E-state index contributed by atoms with van der Waals surface area (Å²) >= 11 is 1.21. The number of aliphatic carboxylic acids is 1. The minimum Gasteiger partial charge on any atom is -0.481 e. The molecule has 0 radical (unpaired) electrons. The van der Waals surface area contributed by atoms with Crippen LogP contribution in [-0.2, 0) is 11.3 Å². The fraction of sp³-hybridized carbons (Fsp3) is 0.700. The molecule has 0 aromatic carbocycles. The Kier molecular flexibility index (Phi) is 4.79. The molecule has 0 bridgehead atoms. The van der Waals surface area contributed by atoms with E-state index in [0.717, 1.165) is 6.54 Å². The molecule has 0 aliphatic rings. The number of carbonyl (C=O) groups is 1. The van der Waals surface area contributed by atoms with Crippen LogP contribution >= 0.6 is 11.8 Å². The quantitative estimate of drug-likeness (QED) is 0.771. The Morgan fingerprint density at radius 3 is 2.81 bits per heavy atom. The van der Waals surface area contributed by atoms with Gasteiger partial charge in [0.05, 0.1) is 5.75 Å². The maximum atomic E-state index is 10.5. The molecule has 1 atom stereocenters. The van der Waals surface area contributed by atoms with Gasteiger partial charge >= 0.3 is 5.97 Å². The van der Waals surface area contributed by atoms with E-state index in [1.807, 2.05) is 4.57 Å². The molecule has 90 valence electrons. The summed E-state index contributed by atoms with van der Waals surface area (Å²) in [5.74, 6) is 0.283. The van der Waals surface area contributed by atoms with E-state index in [2.05, 4.69) is 31.0 Å². The number of rotatable bonds is 6. The van der Waals surface area contributed by atoms with Crippen molar-refractivity contribution in [2.75, 3.05) is 5.75 Å². The lowest BCUT2D eigenvalue weighted by molar-refractivity contribution is -0.133. The van der Waals surface area contributed by atoms with Crippen LogP contribution in [0.2, 0.25) is 0 Å². The van der Waals surface area contributed by atoms with E-state index >= 15 is 0 Å². The number of nitrogens with zero attached hydrogens (tertiary/aromatic N) is 3. The van der Waals surface area contributed by atoms with E-state index in [9.17, 15) is 4.79 Å². The number of hydrogen-bond acceptors (Lipinski definition) is 4. The average Bonchev–Trinajstić information content (AvgIpc) is 2.62. The first-order chi connectivity index (χ1) is 7.50. The molecular weight excluding hydrogens is 226 g/mol. The molecule has 1 rings (SSSR count). The van der Waals surface area contributed by atoms with Crippen LogP contribution in [0.5, 0.6) is 0 Å². The predicted octanol–water partition coefficient (Wildman–Crippen LogP) is 1.75. The van der Waals surface area contributed by atoms with Gasteiger partial charge in [-0.15, -0.1) is 10.2 Å². The Labute approximate surface area is 99.3 Å². The van der Waals surface area contributed by atoms with Gasteiger partial charge in [0.2, 0.25) is 0 Å². The van der Waals surface area contributed by atoms with Gasteiger partial charge in [-0.25, -0.2) is 0 Å². The van der Waals surface area contributed by atoms with E-state index in [4.69, 9.17) is 5.11 Å². The van der Waals surface area contributed by atoms with Crippen LogP contribution in [0.15, 0.2) is 11.5 Å². The largest absolute Gasteiger partial charge is 0.481 e. The van der Waals surface area contributed by atoms with Crippen molar-refractivity contribution >= 4 is 17.7 Å². The summed E-state index contributed by atoms with van der Waals surface area (Å²) in [6, 6.07) is 0. The SMILES string of the molecule is CC(C)C(C)Cn1cnnc1SCC(=O)O. The maximum Gasteiger partial charge on any atom is 0.313 e. The second-order valence-corrected chi connectivity index (χ2v) is 5.11. The first-order valence-corrected chi connectivity index (χ1v) is 6.21. The highest BCUT2D eigenvalue weighted by Gasteiger charge is 2.12. The van der Waals surface area contributed by atoms with Crippen LogP contribution in [0.4, 0.5) is 0 Å². The molecule has 1 unspecified atom stereocenters. The Balaban J connectivity index is 2.59. The molecule has 0 aliphatic carbocycles. The lowest BCUT2D eigenvalue weighted by atomic mass is 9.98. The van der Waals surface area contributed by atoms with E-state index in [-0.39, 0.29) is 5.75 Å². The number of carboxylic acid groups (broad SMARTS) is 1. The van der Waals surface area contributed by atoms with Crippen molar-refractivity contribution < 1.29 is 9.90 Å². The standard InChI is InChI=1S/C10H17N3O2S/c1-7(2)8(3)4-13-6-11-12-10(13)16-5-9(14)15/h6-8H,4-5H2,1-3H3,(H,14,15). The summed E-state index contributed by atoms with van der Waals surface area (Å²) in [5.41, 5.74) is 0. The molecule has 0 aliphatic heterocycles. The third-order valence-corrected chi connectivity index (χ3v) is 3.49. The highest BCUT2D eigenvalue weighted by atomic mass is 32.2. The molecule has 1 N–H and O–H groups in total. The average molecular weight is 243 g/mol. The molecular formula is C10H17N3O2S. The molecule has 16 heavy (non-hydrogen) atoms. The van der Waals surface area contributed by atoms with Crippen molar-refractivity contribution in [3.05, 3.63) is 6.33 Å². The van der Waals surface area contributed by atoms with Crippen molar-refractivity contribution in [2.45, 2.75) is 32.5 Å². The molecule has 0 fully saturated rings. The molecule has 0 spiro atoms. The first kappa shape index (κ1) is 13.0. The number of thioether (sulfide) groups is 1. The van der Waals surface area contributed by atoms with Crippen molar-refractivity contribution in [1.82, 2.24) is 14.8 Å². The second kappa shape index (κ2) is 5.89. The van der Waals surface area contributed by atoms with Gasteiger partial charge in [-0.05, 0) is 11.8 Å². The van der Waals surface area contributed by atoms with Crippen molar-refractivity contribution in [1.29, 1.82) is 0 Å². The molecule has 0 saturated carbocycles. The summed E-state index contributed by atoms with van der Waals surface area (Å²) in [5, 5.41) is 17.0. The Hall–Kier alpha value is -1.04. The van der Waals surface area contributed by atoms with Crippen molar-refractivity contribution in [2.24, 2.45) is 11.8 Å². The Bertz CT molecular complexity index is 352. The van der Waals surface area contributed by atoms with Crippen LogP contribution in [0.25, 0.3) is 0 Å². The van der Waals surface area contributed by atoms with Gasteiger partial charge in [-0.3, -0.25) is 4.79 Å². The van der Waals surface area contributed by atoms with Gasteiger partial charge in [0.15, 0.2) is 5.16 Å². The van der Waals surface area contributed by atoms with Crippen LogP contribution in [-0.4, -0.2) is 31.6 Å². The van der Waals surface area contributed by atoms with Gasteiger partial charge in [0, 0.05) is 6.54 Å². The van der Waals surface area contributed by atoms with Gasteiger partial charge in [-0.1, -0.05) is 32.5 Å². The molecule has 6 heteroatoms. The summed E-state index contributed by atoms with van der Waals surface area (Å²) in [6.45, 7) is 7.32. The highest BCUT2D eigenvalue weighted by Crippen LogP contribution is 2.18. The summed E-state index contributed by atoms with van der Waals surface area (Å²) < 4.78 is 1.91. The molecule has 1 heterocycles. The third kappa shape index (κ3) is 3.84. The zero-order chi connectivity index (χ0) is 12.1. The van der Waals surface area contributed by atoms with E-state index in [1.165, 1.54) is 11.8 Å². The topological polar surface area (TPSA) is 68.0 Å². The molecule has 1 aromatic rings. The fourth-order valence-electron chi connectivity index (χ4n) is 1.13. The Morgan fingerprint density at radius 2 is 2.25 bits per heavy atom. The van der Waals surface area contributed by atoms with Gasteiger partial charge in [0.1, 0.15) is 6.33 Å². The van der Waals surface area contributed by atoms with E-state index in [1.54, 1.807) is 6.33 Å². The zero-order valence-corrected chi connectivity index (χ0v) is 10.6. The van der Waals surface area contributed by atoms with Crippen LogP contribution in [0.3, 0.4) is 0 Å². The monoisotopic (exact) mass is 243 g/mol. The molecule has 0 saturated heterocycles. The van der Waals surface area contributed by atoms with Crippen LogP contribution < -0.4 is 0 Å². The number of hydrogen-bond donors (Lipinski definition) is 1. The normalized spacial score (nSPS) is 13.0. The number of carboxylic acids is 1. The second-order valence-electron chi connectivity index (χ2n) is 4.17. The molecule has 0 amide bonds. The molecule has 5 nitrogen and oxygen atoms in total.